The van der Waals surface area contributed by atoms with Gasteiger partial charge in [0, 0.05) is 30.2 Å². The number of likely N-dealkylation sites (tertiary alicyclic amines) is 1. The first kappa shape index (κ1) is 23.5. The highest BCUT2D eigenvalue weighted by Gasteiger charge is 2.35. The first-order chi connectivity index (χ1) is 15.8. The fraction of sp³-hybridized carbons (Fsp3) is 0.407. The first-order valence-corrected chi connectivity index (χ1v) is 11.9. The number of benzene rings is 2. The van der Waals surface area contributed by atoms with E-state index in [0.29, 0.717) is 25.6 Å². The molecule has 2 aromatic carbocycles. The normalized spacial score (nSPS) is 19.0. The molecule has 1 aliphatic rings. The number of aromatic nitrogens is 1. The molecule has 0 saturated carbocycles. The molecule has 0 N–H and O–H groups in total. The minimum atomic E-state index is -0.533. The summed E-state index contributed by atoms with van der Waals surface area (Å²) >= 11 is 5.94. The second kappa shape index (κ2) is 10.1. The predicted octanol–water partition coefficient (Wildman–Crippen LogP) is 6.28. The lowest BCUT2D eigenvalue weighted by atomic mass is 9.90. The van der Waals surface area contributed by atoms with Gasteiger partial charge in [-0.15, -0.1) is 11.6 Å². The Hall–Kier alpha value is -2.63. The minimum Gasteiger partial charge on any atom is -0.444 e. The number of carbonyl (C=O) groups excluding carboxylic acids is 1. The van der Waals surface area contributed by atoms with Crippen molar-refractivity contribution in [3.8, 4) is 0 Å². The van der Waals surface area contributed by atoms with Gasteiger partial charge in [0.2, 0.25) is 0 Å². The zero-order chi connectivity index (χ0) is 23.4. The maximum Gasteiger partial charge on any atom is 0.410 e. The van der Waals surface area contributed by atoms with Gasteiger partial charge >= 0.3 is 6.09 Å². The zero-order valence-electron chi connectivity index (χ0n) is 19.5. The van der Waals surface area contributed by atoms with Gasteiger partial charge in [-0.3, -0.25) is 4.98 Å². The van der Waals surface area contributed by atoms with Crippen molar-refractivity contribution in [1.29, 1.82) is 0 Å². The third-order valence-electron chi connectivity index (χ3n) is 5.87. The molecular weight excluding hydrogens is 436 g/mol. The van der Waals surface area contributed by atoms with Crippen molar-refractivity contribution in [2.24, 2.45) is 0 Å². The molecule has 5 nitrogen and oxygen atoms in total. The van der Waals surface area contributed by atoms with Crippen molar-refractivity contribution < 1.29 is 14.3 Å². The molecule has 2 atom stereocenters. The Kier molecular flexibility index (Phi) is 7.20. The minimum absolute atomic E-state index is 0.0912. The van der Waals surface area contributed by atoms with E-state index in [1.165, 1.54) is 10.8 Å². The number of hydrogen-bond donors (Lipinski definition) is 0. The van der Waals surface area contributed by atoms with E-state index in [9.17, 15) is 4.79 Å². The molecular formula is C27H31ClN2O3. The average molecular weight is 467 g/mol. The fourth-order valence-corrected chi connectivity index (χ4v) is 4.34. The van der Waals surface area contributed by atoms with Crippen LogP contribution in [0.5, 0.6) is 0 Å². The number of ether oxygens (including phenoxy) is 2. The van der Waals surface area contributed by atoms with E-state index >= 15 is 0 Å². The maximum atomic E-state index is 12.7. The van der Waals surface area contributed by atoms with E-state index < -0.39 is 5.60 Å². The lowest BCUT2D eigenvalue weighted by Gasteiger charge is -2.38. The van der Waals surface area contributed by atoms with Gasteiger partial charge in [-0.1, -0.05) is 42.5 Å². The van der Waals surface area contributed by atoms with Crippen LogP contribution in [-0.2, 0) is 22.0 Å². The van der Waals surface area contributed by atoms with E-state index in [2.05, 4.69) is 35.3 Å². The van der Waals surface area contributed by atoms with Gasteiger partial charge < -0.3 is 14.4 Å². The Morgan fingerprint density at radius 3 is 2.55 bits per heavy atom. The third kappa shape index (κ3) is 6.04. The number of pyridine rings is 1. The highest BCUT2D eigenvalue weighted by molar-refractivity contribution is 6.17. The molecule has 0 aliphatic carbocycles. The first-order valence-electron chi connectivity index (χ1n) is 11.4. The summed E-state index contributed by atoms with van der Waals surface area (Å²) in [6.07, 6.45) is 2.09. The molecule has 2 unspecified atom stereocenters. The van der Waals surface area contributed by atoms with Gasteiger partial charge in [0.1, 0.15) is 5.60 Å². The van der Waals surface area contributed by atoms with Crippen LogP contribution >= 0.6 is 11.6 Å². The van der Waals surface area contributed by atoms with Crippen LogP contribution in [0.25, 0.3) is 10.8 Å². The molecule has 2 heterocycles. The molecule has 1 amide bonds. The van der Waals surface area contributed by atoms with Crippen molar-refractivity contribution in [2.75, 3.05) is 13.1 Å². The second-order valence-electron chi connectivity index (χ2n) is 9.58. The zero-order valence-corrected chi connectivity index (χ0v) is 20.2. The molecule has 0 bridgehead atoms. The summed E-state index contributed by atoms with van der Waals surface area (Å²) in [6, 6.07) is 18.7. The van der Waals surface area contributed by atoms with Crippen molar-refractivity contribution in [2.45, 2.75) is 57.3 Å². The summed E-state index contributed by atoms with van der Waals surface area (Å²) in [5, 5.41) is 2.39. The Balaban J connectivity index is 1.52. The Labute approximate surface area is 200 Å². The summed E-state index contributed by atoms with van der Waals surface area (Å²) in [6.45, 7) is 7.18. The van der Waals surface area contributed by atoms with Crippen LogP contribution < -0.4 is 0 Å². The number of rotatable bonds is 5. The molecule has 1 aromatic heterocycles. The molecule has 174 valence electrons. The van der Waals surface area contributed by atoms with Crippen LogP contribution in [0.15, 0.2) is 60.8 Å². The molecule has 1 aliphatic heterocycles. The second-order valence-corrected chi connectivity index (χ2v) is 9.84. The number of carbonyl (C=O) groups is 1. The van der Waals surface area contributed by atoms with E-state index in [1.807, 2.05) is 51.2 Å². The summed E-state index contributed by atoms with van der Waals surface area (Å²) in [4.78, 5) is 19.1. The number of alkyl halides is 1. The standard InChI is InChI=1S/C27H31ClN2O3/c1-27(2,3)33-26(31)30-13-12-23(24-11-9-20(15-28)16-29-24)25(17-30)32-18-19-8-10-21-6-4-5-7-22(21)14-19/h4-11,14,16,23,25H,12-13,15,17-18H2,1-3H3. The molecule has 0 radical (unpaired) electrons. The van der Waals surface area contributed by atoms with Gasteiger partial charge in [-0.25, -0.2) is 4.79 Å². The van der Waals surface area contributed by atoms with Gasteiger partial charge in [-0.2, -0.15) is 0 Å². The molecule has 1 fully saturated rings. The Morgan fingerprint density at radius 2 is 1.85 bits per heavy atom. The van der Waals surface area contributed by atoms with Gasteiger partial charge in [-0.05, 0) is 61.2 Å². The van der Waals surface area contributed by atoms with Crippen molar-refractivity contribution in [3.05, 3.63) is 77.6 Å². The van der Waals surface area contributed by atoms with E-state index in [4.69, 9.17) is 21.1 Å². The maximum absolute atomic E-state index is 12.7. The van der Waals surface area contributed by atoms with Crippen molar-refractivity contribution in [3.63, 3.8) is 0 Å². The topological polar surface area (TPSA) is 51.7 Å². The number of hydrogen-bond acceptors (Lipinski definition) is 4. The van der Waals surface area contributed by atoms with Crippen LogP contribution in [0.3, 0.4) is 0 Å². The highest BCUT2D eigenvalue weighted by atomic mass is 35.5. The molecule has 33 heavy (non-hydrogen) atoms. The van der Waals surface area contributed by atoms with Gasteiger partial charge in [0.25, 0.3) is 0 Å². The van der Waals surface area contributed by atoms with Crippen molar-refractivity contribution >= 4 is 28.5 Å². The van der Waals surface area contributed by atoms with E-state index in [1.54, 1.807) is 4.90 Å². The van der Waals surface area contributed by atoms with Crippen LogP contribution in [0, 0.1) is 0 Å². The summed E-state index contributed by atoms with van der Waals surface area (Å²) in [7, 11) is 0. The van der Waals surface area contributed by atoms with Gasteiger partial charge in [0.15, 0.2) is 0 Å². The summed E-state index contributed by atoms with van der Waals surface area (Å²) in [5.74, 6) is 0.528. The summed E-state index contributed by atoms with van der Waals surface area (Å²) < 4.78 is 12.0. The van der Waals surface area contributed by atoms with Crippen LogP contribution in [0.1, 0.15) is 49.9 Å². The number of nitrogens with zero attached hydrogens (tertiary/aromatic N) is 2. The fourth-order valence-electron chi connectivity index (χ4n) is 4.18. The third-order valence-corrected chi connectivity index (χ3v) is 6.18. The Morgan fingerprint density at radius 1 is 1.09 bits per heavy atom. The number of halogens is 1. The molecule has 6 heteroatoms. The number of fused-ring (bicyclic) bond motifs is 1. The van der Waals surface area contributed by atoms with Crippen molar-refractivity contribution in [1.82, 2.24) is 9.88 Å². The number of amides is 1. The van der Waals surface area contributed by atoms with Gasteiger partial charge in [0.05, 0.1) is 19.3 Å². The SMILES string of the molecule is CC(C)(C)OC(=O)N1CCC(c2ccc(CCl)cn2)C(OCc2ccc3ccccc3c2)C1. The molecule has 3 aromatic rings. The lowest BCUT2D eigenvalue weighted by molar-refractivity contribution is -0.0365. The largest absolute Gasteiger partial charge is 0.444 e. The molecule has 4 rings (SSSR count). The monoisotopic (exact) mass is 466 g/mol. The lowest BCUT2D eigenvalue weighted by Crippen LogP contribution is -2.48. The van der Waals surface area contributed by atoms with Crippen LogP contribution in [0.4, 0.5) is 4.79 Å². The predicted molar refractivity (Wildman–Crippen MR) is 131 cm³/mol. The smallest absolute Gasteiger partial charge is 0.410 e. The quantitative estimate of drug-likeness (QED) is 0.415. The van der Waals surface area contributed by atoms with Crippen LogP contribution in [0.2, 0.25) is 0 Å². The number of piperidine rings is 1. The Bertz CT molecular complexity index is 1090. The molecule has 1 saturated heterocycles. The highest BCUT2D eigenvalue weighted by Crippen LogP contribution is 2.31. The van der Waals surface area contributed by atoms with E-state index in [0.717, 1.165) is 23.2 Å². The molecule has 0 spiro atoms. The van der Waals surface area contributed by atoms with Crippen LogP contribution in [-0.4, -0.2) is 40.8 Å². The average Bonchev–Trinajstić information content (AvgIpc) is 2.81. The van der Waals surface area contributed by atoms with E-state index in [-0.39, 0.29) is 18.1 Å². The summed E-state index contributed by atoms with van der Waals surface area (Å²) in [5.41, 5.74) is 2.53.